The summed E-state index contributed by atoms with van der Waals surface area (Å²) in [6.45, 7) is 2.60. The van der Waals surface area contributed by atoms with Crippen molar-refractivity contribution < 1.29 is 9.90 Å². The van der Waals surface area contributed by atoms with Crippen LogP contribution < -0.4 is 10.2 Å². The second-order valence-electron chi connectivity index (χ2n) is 6.81. The molecule has 23 heavy (non-hydrogen) atoms. The van der Waals surface area contributed by atoms with E-state index in [1.54, 1.807) is 18.3 Å². The van der Waals surface area contributed by atoms with Gasteiger partial charge < -0.3 is 10.4 Å². The van der Waals surface area contributed by atoms with E-state index in [1.807, 2.05) is 10.3 Å². The van der Waals surface area contributed by atoms with Crippen molar-refractivity contribution in [1.29, 1.82) is 0 Å². The Balaban J connectivity index is 1.59. The molecular formula is C17H27N3O2S. The zero-order valence-corrected chi connectivity index (χ0v) is 14.6. The summed E-state index contributed by atoms with van der Waals surface area (Å²) in [5.41, 5.74) is 0.998. The van der Waals surface area contributed by atoms with Crippen LogP contribution in [-0.2, 0) is 11.3 Å². The number of aromatic nitrogens is 1. The van der Waals surface area contributed by atoms with Gasteiger partial charge >= 0.3 is 0 Å². The molecule has 2 aliphatic carbocycles. The lowest BCUT2D eigenvalue weighted by atomic mass is 9.95. The van der Waals surface area contributed by atoms with Crippen LogP contribution in [0.1, 0.15) is 57.6 Å². The van der Waals surface area contributed by atoms with Crippen LogP contribution in [0.15, 0.2) is 5.38 Å². The summed E-state index contributed by atoms with van der Waals surface area (Å²) in [5, 5.41) is 16.1. The minimum Gasteiger partial charge on any atom is -0.396 e. The van der Waals surface area contributed by atoms with Crippen LogP contribution in [0.25, 0.3) is 0 Å². The van der Waals surface area contributed by atoms with Crippen LogP contribution >= 0.6 is 11.3 Å². The Morgan fingerprint density at radius 1 is 1.35 bits per heavy atom. The second-order valence-corrected chi connectivity index (χ2v) is 7.65. The van der Waals surface area contributed by atoms with Crippen LogP contribution in [-0.4, -0.2) is 34.7 Å². The lowest BCUT2D eigenvalue weighted by Crippen LogP contribution is -2.37. The Morgan fingerprint density at radius 2 is 2.13 bits per heavy atom. The summed E-state index contributed by atoms with van der Waals surface area (Å²) < 4.78 is 0. The van der Waals surface area contributed by atoms with E-state index in [0.29, 0.717) is 24.5 Å². The molecule has 0 aliphatic heterocycles. The lowest BCUT2D eigenvalue weighted by molar-refractivity contribution is -0.116. The molecule has 1 aromatic rings. The number of hydrogen-bond donors (Lipinski definition) is 2. The average molecular weight is 337 g/mol. The minimum atomic E-state index is 0.0884. The van der Waals surface area contributed by atoms with Crippen LogP contribution in [0.5, 0.6) is 0 Å². The predicted octanol–water partition coefficient (Wildman–Crippen LogP) is 2.69. The smallest absolute Gasteiger partial charge is 0.225 e. The fourth-order valence-corrected chi connectivity index (χ4v) is 4.41. The van der Waals surface area contributed by atoms with Gasteiger partial charge in [0.2, 0.25) is 5.91 Å². The molecule has 6 heteroatoms. The molecule has 1 aromatic heterocycles. The quantitative estimate of drug-likeness (QED) is 0.783. The van der Waals surface area contributed by atoms with Crippen LogP contribution in [0.2, 0.25) is 0 Å². The average Bonchev–Trinajstić information content (AvgIpc) is 3.29. The third-order valence-corrected chi connectivity index (χ3v) is 5.82. The summed E-state index contributed by atoms with van der Waals surface area (Å²) in [4.78, 5) is 18.3. The number of thiazole rings is 1. The highest BCUT2D eigenvalue weighted by Crippen LogP contribution is 2.33. The molecule has 0 radical (unpaired) electrons. The van der Waals surface area contributed by atoms with Gasteiger partial charge in [-0.3, -0.25) is 9.69 Å². The Kier molecular flexibility index (Phi) is 5.67. The molecule has 0 saturated heterocycles. The van der Waals surface area contributed by atoms with Gasteiger partial charge in [-0.15, -0.1) is 11.3 Å². The van der Waals surface area contributed by atoms with Crippen molar-refractivity contribution in [2.24, 2.45) is 5.92 Å². The van der Waals surface area contributed by atoms with E-state index in [0.717, 1.165) is 36.5 Å². The molecule has 0 bridgehead atoms. The molecular weight excluding hydrogens is 310 g/mol. The number of aliphatic hydroxyl groups excluding tert-OH is 1. The van der Waals surface area contributed by atoms with E-state index in [4.69, 9.17) is 0 Å². The van der Waals surface area contributed by atoms with Gasteiger partial charge in [0.15, 0.2) is 5.13 Å². The Labute approximate surface area is 142 Å². The number of nitrogens with zero attached hydrogens (tertiary/aromatic N) is 2. The first-order valence-electron chi connectivity index (χ1n) is 8.77. The molecule has 2 unspecified atom stereocenters. The predicted molar refractivity (Wildman–Crippen MR) is 92.6 cm³/mol. The molecule has 1 heterocycles. The number of carbonyl (C=O) groups is 1. The lowest BCUT2D eigenvalue weighted by Gasteiger charge is -2.24. The Hall–Kier alpha value is -0.980. The fraction of sp³-hybridized carbons (Fsp3) is 0.765. The highest BCUT2D eigenvalue weighted by atomic mass is 32.1. The second kappa shape index (κ2) is 7.73. The monoisotopic (exact) mass is 337 g/mol. The standard InChI is InChI=1S/C17H27N3O2S/c1-12(22)20(15-7-8-15)17-19-14(11-23-17)9-18-16-6-4-2-3-5-13(16)10-21/h11,13,15-16,18,21H,2-10H2,1H3. The number of rotatable bonds is 6. The van der Waals surface area contributed by atoms with Crippen molar-refractivity contribution in [3.8, 4) is 0 Å². The maximum absolute atomic E-state index is 11.8. The van der Waals surface area contributed by atoms with Gasteiger partial charge in [-0.2, -0.15) is 0 Å². The number of amides is 1. The SMILES string of the molecule is CC(=O)N(c1nc(CNC2CCCCCC2CO)cs1)C1CC1. The van der Waals surface area contributed by atoms with Crippen molar-refractivity contribution in [3.63, 3.8) is 0 Å². The molecule has 2 saturated carbocycles. The van der Waals surface area contributed by atoms with Crippen molar-refractivity contribution >= 4 is 22.4 Å². The third kappa shape index (κ3) is 4.31. The van der Waals surface area contributed by atoms with Gasteiger partial charge in [0.1, 0.15) is 0 Å². The molecule has 2 fully saturated rings. The molecule has 0 aromatic carbocycles. The van der Waals surface area contributed by atoms with Crippen molar-refractivity contribution in [2.45, 2.75) is 70.5 Å². The normalized spacial score (nSPS) is 25.1. The van der Waals surface area contributed by atoms with Gasteiger partial charge in [-0.05, 0) is 31.6 Å². The fourth-order valence-electron chi connectivity index (χ4n) is 3.48. The summed E-state index contributed by atoms with van der Waals surface area (Å²) in [5.74, 6) is 0.446. The Morgan fingerprint density at radius 3 is 2.83 bits per heavy atom. The molecule has 0 spiro atoms. The first-order valence-corrected chi connectivity index (χ1v) is 9.65. The summed E-state index contributed by atoms with van der Waals surface area (Å²) in [7, 11) is 0. The Bertz CT molecular complexity index is 530. The van der Waals surface area contributed by atoms with Gasteiger partial charge in [0.05, 0.1) is 5.69 Å². The van der Waals surface area contributed by atoms with E-state index in [1.165, 1.54) is 19.3 Å². The maximum Gasteiger partial charge on any atom is 0.225 e. The van der Waals surface area contributed by atoms with Crippen LogP contribution in [0.4, 0.5) is 5.13 Å². The van der Waals surface area contributed by atoms with Gasteiger partial charge in [0, 0.05) is 37.5 Å². The van der Waals surface area contributed by atoms with E-state index in [2.05, 4.69) is 10.3 Å². The molecule has 2 aliphatic rings. The number of carbonyl (C=O) groups excluding carboxylic acids is 1. The first kappa shape index (κ1) is 16.9. The zero-order chi connectivity index (χ0) is 16.2. The number of hydrogen-bond acceptors (Lipinski definition) is 5. The summed E-state index contributed by atoms with van der Waals surface area (Å²) >= 11 is 1.56. The molecule has 5 nitrogen and oxygen atoms in total. The number of aliphatic hydroxyl groups is 1. The number of anilines is 1. The summed E-state index contributed by atoms with van der Waals surface area (Å²) in [6.07, 6.45) is 8.14. The van der Waals surface area contributed by atoms with Crippen LogP contribution in [0.3, 0.4) is 0 Å². The van der Waals surface area contributed by atoms with Crippen molar-refractivity contribution in [1.82, 2.24) is 10.3 Å². The molecule has 2 atom stereocenters. The van der Waals surface area contributed by atoms with Gasteiger partial charge in [-0.1, -0.05) is 19.3 Å². The van der Waals surface area contributed by atoms with E-state index >= 15 is 0 Å². The number of nitrogens with one attached hydrogen (secondary N) is 1. The third-order valence-electron chi connectivity index (χ3n) is 4.94. The largest absolute Gasteiger partial charge is 0.396 e. The first-order chi connectivity index (χ1) is 11.2. The van der Waals surface area contributed by atoms with Crippen molar-refractivity contribution in [3.05, 3.63) is 11.1 Å². The van der Waals surface area contributed by atoms with Crippen molar-refractivity contribution in [2.75, 3.05) is 11.5 Å². The van der Waals surface area contributed by atoms with Gasteiger partial charge in [0.25, 0.3) is 0 Å². The van der Waals surface area contributed by atoms with E-state index in [-0.39, 0.29) is 12.5 Å². The van der Waals surface area contributed by atoms with Crippen LogP contribution in [0, 0.1) is 5.92 Å². The van der Waals surface area contributed by atoms with Gasteiger partial charge in [-0.25, -0.2) is 4.98 Å². The highest BCUT2D eigenvalue weighted by Gasteiger charge is 2.33. The molecule has 3 rings (SSSR count). The highest BCUT2D eigenvalue weighted by molar-refractivity contribution is 7.14. The molecule has 2 N–H and O–H groups in total. The maximum atomic E-state index is 11.8. The molecule has 1 amide bonds. The summed E-state index contributed by atoms with van der Waals surface area (Å²) in [6, 6.07) is 0.736. The zero-order valence-electron chi connectivity index (χ0n) is 13.8. The minimum absolute atomic E-state index is 0.0884. The van der Waals surface area contributed by atoms with E-state index in [9.17, 15) is 9.90 Å². The molecule has 128 valence electrons. The topological polar surface area (TPSA) is 65.5 Å². The van der Waals surface area contributed by atoms with E-state index < -0.39 is 0 Å².